The van der Waals surface area contributed by atoms with Crippen molar-refractivity contribution < 1.29 is 4.57 Å². The van der Waals surface area contributed by atoms with E-state index in [1.54, 1.807) is 5.82 Å². The van der Waals surface area contributed by atoms with E-state index in [0.29, 0.717) is 0 Å². The maximum atomic E-state index is 2.65. The summed E-state index contributed by atoms with van der Waals surface area (Å²) in [6.45, 7) is 9.41. The van der Waals surface area contributed by atoms with Crippen LogP contribution in [-0.4, -0.2) is 4.57 Å². The normalized spacial score (nSPS) is 11.6. The van der Waals surface area contributed by atoms with Crippen LogP contribution >= 0.6 is 0 Å². The minimum absolute atomic E-state index is 1.23. The van der Waals surface area contributed by atoms with E-state index >= 15 is 0 Å². The molecule has 0 saturated carbocycles. The highest BCUT2D eigenvalue weighted by Gasteiger charge is 2.16. The lowest BCUT2D eigenvalue weighted by molar-refractivity contribution is -0.704. The largest absolute Gasteiger partial charge is 0.256 e. The Morgan fingerprint density at radius 1 is 0.354 bits per heavy atom. The molecule has 0 aliphatic rings. The minimum atomic E-state index is 1.23. The van der Waals surface area contributed by atoms with Gasteiger partial charge in [-0.1, -0.05) is 226 Å². The SMILES string of the molecule is CCCCCCCCCCCCCCCCCCC[n+]1ccn(CCCCCCCCCCCC)c1CCCCCCCCCCCC. The first-order valence-corrected chi connectivity index (χ1v) is 22.9. The molecule has 0 fully saturated rings. The van der Waals surface area contributed by atoms with Crippen molar-refractivity contribution in [1.29, 1.82) is 0 Å². The molecule has 284 valence electrons. The third-order valence-corrected chi connectivity index (χ3v) is 11.1. The predicted molar refractivity (Wildman–Crippen MR) is 216 cm³/mol. The van der Waals surface area contributed by atoms with Gasteiger partial charge in [0.15, 0.2) is 0 Å². The molecule has 0 radical (unpaired) electrons. The fourth-order valence-electron chi connectivity index (χ4n) is 7.74. The van der Waals surface area contributed by atoms with Crippen molar-refractivity contribution in [3.8, 4) is 0 Å². The number of imidazole rings is 1. The predicted octanol–water partition coefficient (Wildman–Crippen LogP) is 15.8. The maximum Gasteiger partial charge on any atom is 0.256 e. The van der Waals surface area contributed by atoms with E-state index in [9.17, 15) is 0 Å². The average molecular weight is 672 g/mol. The Balaban J connectivity index is 2.23. The molecule has 1 rings (SSSR count). The summed E-state index contributed by atoms with van der Waals surface area (Å²) in [6, 6.07) is 0. The molecule has 0 saturated heterocycles. The van der Waals surface area contributed by atoms with Crippen molar-refractivity contribution >= 4 is 0 Å². The fourth-order valence-corrected chi connectivity index (χ4v) is 7.74. The molecule has 2 nitrogen and oxygen atoms in total. The first-order chi connectivity index (χ1) is 23.8. The summed E-state index contributed by atoms with van der Waals surface area (Å²) in [4.78, 5) is 0. The van der Waals surface area contributed by atoms with Gasteiger partial charge in [0.1, 0.15) is 12.4 Å². The Bertz CT molecular complexity index is 736. The number of nitrogens with zero attached hydrogens (tertiary/aromatic N) is 2. The van der Waals surface area contributed by atoms with Gasteiger partial charge in [-0.15, -0.1) is 0 Å². The van der Waals surface area contributed by atoms with Crippen molar-refractivity contribution in [2.45, 2.75) is 278 Å². The highest BCUT2D eigenvalue weighted by molar-refractivity contribution is 4.84. The highest BCUT2D eigenvalue weighted by atomic mass is 15.1. The van der Waals surface area contributed by atoms with E-state index in [-0.39, 0.29) is 0 Å². The van der Waals surface area contributed by atoms with Crippen molar-refractivity contribution in [2.24, 2.45) is 0 Å². The summed E-state index contributed by atoms with van der Waals surface area (Å²) in [5, 5.41) is 0. The molecule has 0 aliphatic carbocycles. The average Bonchev–Trinajstić information content (AvgIpc) is 3.48. The molecular formula is C46H91N2+. The number of rotatable bonds is 40. The van der Waals surface area contributed by atoms with Crippen LogP contribution in [0.4, 0.5) is 0 Å². The maximum absolute atomic E-state index is 2.65. The lowest BCUT2D eigenvalue weighted by Crippen LogP contribution is -2.37. The molecule has 0 spiro atoms. The van der Waals surface area contributed by atoms with E-state index in [0.717, 1.165) is 0 Å². The minimum Gasteiger partial charge on any atom is -0.234 e. The molecule has 0 unspecified atom stereocenters. The molecule has 2 heteroatoms. The zero-order chi connectivity index (χ0) is 34.4. The zero-order valence-electron chi connectivity index (χ0n) is 33.8. The zero-order valence-corrected chi connectivity index (χ0v) is 33.8. The van der Waals surface area contributed by atoms with Gasteiger partial charge in [-0.05, 0) is 32.1 Å². The molecule has 1 aromatic heterocycles. The second-order valence-electron chi connectivity index (χ2n) is 15.9. The molecule has 48 heavy (non-hydrogen) atoms. The third kappa shape index (κ3) is 29.0. The molecular weight excluding hydrogens is 581 g/mol. The molecule has 1 aromatic rings. The molecule has 0 atom stereocenters. The Morgan fingerprint density at radius 2 is 0.646 bits per heavy atom. The van der Waals surface area contributed by atoms with Crippen molar-refractivity contribution in [3.63, 3.8) is 0 Å². The quantitative estimate of drug-likeness (QED) is 0.0485. The molecule has 0 bridgehead atoms. The van der Waals surface area contributed by atoms with E-state index in [1.807, 2.05) is 0 Å². The molecule has 0 amide bonds. The van der Waals surface area contributed by atoms with E-state index < -0.39 is 0 Å². The first-order valence-electron chi connectivity index (χ1n) is 22.9. The second-order valence-corrected chi connectivity index (χ2v) is 15.9. The summed E-state index contributed by atoms with van der Waals surface area (Å²) in [6.07, 6.45) is 59.3. The number of aryl methyl sites for hydroxylation is 2. The monoisotopic (exact) mass is 672 g/mol. The van der Waals surface area contributed by atoms with Crippen molar-refractivity contribution in [2.75, 3.05) is 0 Å². The molecule has 0 N–H and O–H groups in total. The van der Waals surface area contributed by atoms with Crippen LogP contribution in [0.2, 0.25) is 0 Å². The Kier molecular flexibility index (Phi) is 35.3. The van der Waals surface area contributed by atoms with Crippen LogP contribution in [0.15, 0.2) is 12.4 Å². The van der Waals surface area contributed by atoms with Crippen LogP contribution in [0, 0.1) is 0 Å². The fraction of sp³-hybridized carbons (Fsp3) is 0.935. The van der Waals surface area contributed by atoms with Gasteiger partial charge in [-0.3, -0.25) is 0 Å². The molecule has 1 heterocycles. The Morgan fingerprint density at radius 3 is 1.00 bits per heavy atom. The Hall–Kier alpha value is -0.790. The second kappa shape index (κ2) is 37.5. The molecule has 0 aromatic carbocycles. The number of unbranched alkanes of at least 4 members (excludes halogenated alkanes) is 34. The van der Waals surface area contributed by atoms with E-state index in [1.165, 1.54) is 257 Å². The third-order valence-electron chi connectivity index (χ3n) is 11.1. The van der Waals surface area contributed by atoms with Gasteiger partial charge in [-0.2, -0.15) is 0 Å². The van der Waals surface area contributed by atoms with Crippen LogP contribution < -0.4 is 4.57 Å². The van der Waals surface area contributed by atoms with Gasteiger partial charge in [0.2, 0.25) is 0 Å². The van der Waals surface area contributed by atoms with E-state index in [2.05, 4.69) is 42.3 Å². The van der Waals surface area contributed by atoms with Crippen LogP contribution in [0.3, 0.4) is 0 Å². The van der Waals surface area contributed by atoms with Gasteiger partial charge in [-0.25, -0.2) is 9.13 Å². The van der Waals surface area contributed by atoms with Crippen LogP contribution in [0.1, 0.15) is 264 Å². The number of hydrogen-bond acceptors (Lipinski definition) is 0. The first kappa shape index (κ1) is 45.2. The van der Waals surface area contributed by atoms with Gasteiger partial charge in [0.05, 0.1) is 13.1 Å². The topological polar surface area (TPSA) is 8.81 Å². The van der Waals surface area contributed by atoms with Gasteiger partial charge in [0, 0.05) is 6.42 Å². The summed E-state index contributed by atoms with van der Waals surface area (Å²) in [5.41, 5.74) is 0. The smallest absolute Gasteiger partial charge is 0.234 e. The van der Waals surface area contributed by atoms with E-state index in [4.69, 9.17) is 0 Å². The number of aromatic nitrogens is 2. The highest BCUT2D eigenvalue weighted by Crippen LogP contribution is 2.16. The summed E-state index contributed by atoms with van der Waals surface area (Å²) < 4.78 is 5.29. The lowest BCUT2D eigenvalue weighted by atomic mass is 10.0. The van der Waals surface area contributed by atoms with Crippen molar-refractivity contribution in [3.05, 3.63) is 18.2 Å². The van der Waals surface area contributed by atoms with Crippen LogP contribution in [0.5, 0.6) is 0 Å². The van der Waals surface area contributed by atoms with Gasteiger partial charge in [0.25, 0.3) is 5.82 Å². The summed E-state index contributed by atoms with van der Waals surface area (Å²) in [5.74, 6) is 1.63. The van der Waals surface area contributed by atoms with Gasteiger partial charge >= 0.3 is 0 Å². The van der Waals surface area contributed by atoms with Gasteiger partial charge < -0.3 is 0 Å². The standard InChI is InChI=1S/C46H91N2/c1-4-7-10-13-16-19-22-23-24-25-26-27-28-31-34-37-40-43-48-45-44-47(42-39-36-33-30-21-18-15-12-9-6-3)46(48)41-38-35-32-29-20-17-14-11-8-5-2/h44-45H,4-43H2,1-3H3/q+1. The van der Waals surface area contributed by atoms with Crippen LogP contribution in [0.25, 0.3) is 0 Å². The Labute approximate surface area is 304 Å². The van der Waals surface area contributed by atoms with Crippen LogP contribution in [-0.2, 0) is 19.5 Å². The number of hydrogen-bond donors (Lipinski definition) is 0. The van der Waals surface area contributed by atoms with Crippen molar-refractivity contribution in [1.82, 2.24) is 4.57 Å². The molecule has 0 aliphatic heterocycles. The lowest BCUT2D eigenvalue weighted by Gasteiger charge is -2.07. The summed E-state index contributed by atoms with van der Waals surface area (Å²) in [7, 11) is 0. The summed E-state index contributed by atoms with van der Waals surface area (Å²) >= 11 is 0.